The molecule has 76 heavy (non-hydrogen) atoms. The zero-order valence-corrected chi connectivity index (χ0v) is 49.2. The molecule has 0 amide bonds. The third-order valence-corrected chi connectivity index (χ3v) is 16.3. The van der Waals surface area contributed by atoms with Crippen LogP contribution in [0.2, 0.25) is 0 Å². The largest absolute Gasteiger partial charge is 0.530 e. The average molecular weight is 1020 g/mol. The number of hydrogen-bond acceptors (Lipinski definition) is 3. The summed E-state index contributed by atoms with van der Waals surface area (Å²) in [6.45, 7) is 39.7. The van der Waals surface area contributed by atoms with Crippen LogP contribution >= 0.6 is 8.60 Å². The molecule has 9 rings (SSSR count). The van der Waals surface area contributed by atoms with E-state index in [9.17, 15) is 0 Å². The molecule has 0 radical (unpaired) electrons. The number of aryl methyl sites for hydroxylation is 18. The van der Waals surface area contributed by atoms with Crippen LogP contribution in [-0.4, -0.2) is 0 Å². The second-order valence-electron chi connectivity index (χ2n) is 22.2. The molecule has 4 heteroatoms. The first kappa shape index (κ1) is 53.6. The number of benzene rings is 9. The first-order chi connectivity index (χ1) is 36.1. The molecule has 0 heterocycles. The molecule has 0 saturated heterocycles. The van der Waals surface area contributed by atoms with E-state index in [4.69, 9.17) is 13.6 Å². The Kier molecular flexibility index (Phi) is 15.1. The topological polar surface area (TPSA) is 27.7 Å². The first-order valence-corrected chi connectivity index (χ1v) is 27.9. The van der Waals surface area contributed by atoms with E-state index in [1.807, 2.05) is 0 Å². The second kappa shape index (κ2) is 21.4. The highest BCUT2D eigenvalue weighted by Gasteiger charge is 2.31. The van der Waals surface area contributed by atoms with Crippen molar-refractivity contribution in [3.8, 4) is 84.0 Å². The summed E-state index contributed by atoms with van der Waals surface area (Å²) < 4.78 is 23.1. The Labute approximate surface area is 456 Å². The van der Waals surface area contributed by atoms with Gasteiger partial charge in [0.2, 0.25) is 0 Å². The van der Waals surface area contributed by atoms with Crippen LogP contribution in [0.1, 0.15) is 100 Å². The molecule has 0 aliphatic heterocycles. The molecule has 0 spiro atoms. The van der Waals surface area contributed by atoms with Gasteiger partial charge in [-0.3, -0.25) is 0 Å². The van der Waals surface area contributed by atoms with Gasteiger partial charge in [0.25, 0.3) is 0 Å². The molecule has 0 atom stereocenters. The molecule has 0 bridgehead atoms. The van der Waals surface area contributed by atoms with Crippen molar-refractivity contribution in [2.45, 2.75) is 125 Å². The van der Waals surface area contributed by atoms with E-state index in [-0.39, 0.29) is 0 Å². The molecule has 9 aromatic rings. The van der Waals surface area contributed by atoms with E-state index < -0.39 is 8.60 Å². The highest BCUT2D eigenvalue weighted by molar-refractivity contribution is 7.43. The van der Waals surface area contributed by atoms with Gasteiger partial charge in [-0.15, -0.1) is 0 Å². The summed E-state index contributed by atoms with van der Waals surface area (Å²) in [6, 6.07) is 46.9. The lowest BCUT2D eigenvalue weighted by atomic mass is 9.85. The van der Waals surface area contributed by atoms with Crippen molar-refractivity contribution in [2.75, 3.05) is 0 Å². The predicted octanol–water partition coefficient (Wildman–Crippen LogP) is 21.0. The van der Waals surface area contributed by atoms with E-state index >= 15 is 0 Å². The standard InChI is InChI=1S/C72H75O3P/c1-40-28-46(7)64(47(8)29-40)58-22-19-25-61(70(58)67-52(13)34-43(4)35-53(67)14)73-76(74-62-26-20-23-59(65-48(9)30-41(2)31-49(65)10)71(62)68-54(15)36-44(5)37-55(68)16)75-63-27-21-24-60(66-50(11)32-42(3)33-51(66)12)72(63)69-56(17)38-45(6)39-57(69)18/h19-39H,1-18H3. The third kappa shape index (κ3) is 10.4. The Bertz CT molecular complexity index is 3250. The molecule has 0 aliphatic carbocycles. The normalized spacial score (nSPS) is 11.4. The predicted molar refractivity (Wildman–Crippen MR) is 326 cm³/mol. The summed E-state index contributed by atoms with van der Waals surface area (Å²) in [6.07, 6.45) is 0. The fraction of sp³-hybridized carbons (Fsp3) is 0.250. The van der Waals surface area contributed by atoms with Crippen LogP contribution in [0.5, 0.6) is 17.2 Å². The number of rotatable bonds is 12. The van der Waals surface area contributed by atoms with Gasteiger partial charge in [0.15, 0.2) is 0 Å². The lowest BCUT2D eigenvalue weighted by molar-refractivity contribution is 0.390. The molecule has 0 saturated carbocycles. The number of hydrogen-bond donors (Lipinski definition) is 0. The second-order valence-corrected chi connectivity index (χ2v) is 23.2. The molecule has 0 aromatic heterocycles. The first-order valence-electron chi connectivity index (χ1n) is 26.8. The van der Waals surface area contributed by atoms with Crippen molar-refractivity contribution < 1.29 is 13.6 Å². The maximum atomic E-state index is 7.69. The van der Waals surface area contributed by atoms with Gasteiger partial charge in [-0.1, -0.05) is 143 Å². The van der Waals surface area contributed by atoms with E-state index in [0.717, 1.165) is 50.1 Å². The Hall–Kier alpha value is -7.19. The molecule has 0 fully saturated rings. The minimum absolute atomic E-state index is 0.689. The minimum atomic E-state index is -2.29. The maximum absolute atomic E-state index is 7.69. The lowest BCUT2D eigenvalue weighted by Crippen LogP contribution is -2.07. The molecular weight excluding hydrogens is 944 g/mol. The Morgan fingerprint density at radius 1 is 0.211 bits per heavy atom. The van der Waals surface area contributed by atoms with E-state index in [0.29, 0.717) is 17.2 Å². The van der Waals surface area contributed by atoms with Gasteiger partial charge in [-0.05, 0) is 260 Å². The molecule has 3 nitrogen and oxygen atoms in total. The van der Waals surface area contributed by atoms with Crippen LogP contribution in [0.25, 0.3) is 66.8 Å². The van der Waals surface area contributed by atoms with E-state index in [1.165, 1.54) is 117 Å². The van der Waals surface area contributed by atoms with Crippen molar-refractivity contribution in [2.24, 2.45) is 0 Å². The molecule has 0 N–H and O–H groups in total. The van der Waals surface area contributed by atoms with Crippen molar-refractivity contribution in [3.63, 3.8) is 0 Å². The molecule has 386 valence electrons. The Balaban J connectivity index is 1.37. The Morgan fingerprint density at radius 2 is 0.382 bits per heavy atom. The fourth-order valence-corrected chi connectivity index (χ4v) is 14.1. The molecule has 0 unspecified atom stereocenters. The minimum Gasteiger partial charge on any atom is -0.408 e. The Morgan fingerprint density at radius 3 is 0.566 bits per heavy atom. The van der Waals surface area contributed by atoms with Gasteiger partial charge in [0.1, 0.15) is 17.2 Å². The molecule has 0 aliphatic rings. The van der Waals surface area contributed by atoms with E-state index in [1.54, 1.807) is 0 Å². The van der Waals surface area contributed by atoms with Gasteiger partial charge < -0.3 is 13.6 Å². The quantitative estimate of drug-likeness (QED) is 0.114. The molecule has 9 aromatic carbocycles. The van der Waals surface area contributed by atoms with Crippen LogP contribution in [0.3, 0.4) is 0 Å². The lowest BCUT2D eigenvalue weighted by Gasteiger charge is -2.27. The zero-order chi connectivity index (χ0) is 54.6. The van der Waals surface area contributed by atoms with Crippen molar-refractivity contribution in [3.05, 3.63) is 228 Å². The van der Waals surface area contributed by atoms with Crippen LogP contribution in [0.15, 0.2) is 127 Å². The smallest absolute Gasteiger partial charge is 0.408 e. The van der Waals surface area contributed by atoms with Crippen LogP contribution < -0.4 is 13.6 Å². The summed E-state index contributed by atoms with van der Waals surface area (Å²) in [7, 11) is -2.29. The van der Waals surface area contributed by atoms with Crippen molar-refractivity contribution in [1.82, 2.24) is 0 Å². The van der Waals surface area contributed by atoms with Gasteiger partial charge in [0.05, 0.1) is 0 Å². The monoisotopic (exact) mass is 1020 g/mol. The summed E-state index contributed by atoms with van der Waals surface area (Å²) in [5, 5.41) is 0. The molecular formula is C72H75O3P. The van der Waals surface area contributed by atoms with Gasteiger partial charge in [-0.2, -0.15) is 0 Å². The maximum Gasteiger partial charge on any atom is 0.530 e. The summed E-state index contributed by atoms with van der Waals surface area (Å²) in [5.41, 5.74) is 35.1. The third-order valence-electron chi connectivity index (χ3n) is 15.2. The van der Waals surface area contributed by atoms with Gasteiger partial charge >= 0.3 is 8.60 Å². The SMILES string of the molecule is Cc1cc(C)c(-c2cccc(OP(Oc3cccc(-c4c(C)cc(C)cc4C)c3-c3c(C)cc(C)cc3C)Oc3cccc(-c4c(C)cc(C)cc4C)c3-c3c(C)cc(C)cc3C)c2-c2c(C)cc(C)cc2C)c(C)c1. The zero-order valence-electron chi connectivity index (χ0n) is 48.3. The van der Waals surface area contributed by atoms with Crippen LogP contribution in [-0.2, 0) is 0 Å². The highest BCUT2D eigenvalue weighted by atomic mass is 31.2. The average Bonchev–Trinajstić information content (AvgIpc) is 3.30. The van der Waals surface area contributed by atoms with Crippen LogP contribution in [0, 0.1) is 125 Å². The van der Waals surface area contributed by atoms with E-state index in [2.05, 4.69) is 252 Å². The van der Waals surface area contributed by atoms with Crippen molar-refractivity contribution >= 4 is 8.60 Å². The highest BCUT2D eigenvalue weighted by Crippen LogP contribution is 2.55. The summed E-state index contributed by atoms with van der Waals surface area (Å²) >= 11 is 0. The van der Waals surface area contributed by atoms with Crippen LogP contribution in [0.4, 0.5) is 0 Å². The summed E-state index contributed by atoms with van der Waals surface area (Å²) in [4.78, 5) is 0. The van der Waals surface area contributed by atoms with Gasteiger partial charge in [0, 0.05) is 16.7 Å². The fourth-order valence-electron chi connectivity index (χ4n) is 13.1. The summed E-state index contributed by atoms with van der Waals surface area (Å²) in [5.74, 6) is 2.07. The van der Waals surface area contributed by atoms with Gasteiger partial charge in [-0.25, -0.2) is 0 Å². The van der Waals surface area contributed by atoms with Crippen molar-refractivity contribution in [1.29, 1.82) is 0 Å².